The molecule has 1 aliphatic carbocycles. The molecule has 0 heterocycles. The van der Waals surface area contributed by atoms with Crippen molar-refractivity contribution in [2.75, 3.05) is 7.11 Å². The van der Waals surface area contributed by atoms with Crippen LogP contribution in [-0.2, 0) is 14.8 Å². The number of ether oxygens (including phenoxy) is 1. The summed E-state index contributed by atoms with van der Waals surface area (Å²) in [7, 11) is -2.21. The van der Waals surface area contributed by atoms with Crippen LogP contribution in [0.3, 0.4) is 0 Å². The number of hydrogen-bond acceptors (Lipinski definition) is 3. The molecule has 0 radical (unpaired) electrons. The second-order valence-electron chi connectivity index (χ2n) is 4.22. The van der Waals surface area contributed by atoms with E-state index in [0.717, 1.165) is 6.07 Å². The molecule has 0 spiro atoms. The predicted molar refractivity (Wildman–Crippen MR) is 68.2 cm³/mol. The SMILES string of the molecule is COC1CC(NS(=O)(=O)c2ccc(Br)cc2F)C1. The largest absolute Gasteiger partial charge is 0.381 e. The van der Waals surface area contributed by atoms with Gasteiger partial charge in [0.25, 0.3) is 0 Å². The molecule has 0 amide bonds. The van der Waals surface area contributed by atoms with E-state index in [1.54, 1.807) is 7.11 Å². The first-order valence-corrected chi connectivity index (χ1v) is 7.70. The fourth-order valence-electron chi connectivity index (χ4n) is 1.83. The van der Waals surface area contributed by atoms with Crippen LogP contribution in [-0.4, -0.2) is 27.7 Å². The Labute approximate surface area is 114 Å². The Kier molecular flexibility index (Phi) is 4.05. The van der Waals surface area contributed by atoms with Crippen molar-refractivity contribution >= 4 is 26.0 Å². The second kappa shape index (κ2) is 5.24. The second-order valence-corrected chi connectivity index (χ2v) is 6.82. The monoisotopic (exact) mass is 337 g/mol. The lowest BCUT2D eigenvalue weighted by molar-refractivity contribution is 0.0236. The fraction of sp³-hybridized carbons (Fsp3) is 0.455. The predicted octanol–water partition coefficient (Wildman–Crippen LogP) is 2.04. The fourth-order valence-corrected chi connectivity index (χ4v) is 3.48. The van der Waals surface area contributed by atoms with Crippen molar-refractivity contribution in [3.63, 3.8) is 0 Å². The number of rotatable bonds is 4. The topological polar surface area (TPSA) is 55.4 Å². The van der Waals surface area contributed by atoms with E-state index in [1.807, 2.05) is 0 Å². The van der Waals surface area contributed by atoms with Gasteiger partial charge in [-0.05, 0) is 31.0 Å². The lowest BCUT2D eigenvalue weighted by atomic mass is 9.90. The van der Waals surface area contributed by atoms with Crippen molar-refractivity contribution < 1.29 is 17.5 Å². The minimum atomic E-state index is -3.80. The lowest BCUT2D eigenvalue weighted by Crippen LogP contribution is -2.47. The molecular weight excluding hydrogens is 325 g/mol. The van der Waals surface area contributed by atoms with Crippen LogP contribution < -0.4 is 4.72 Å². The molecule has 2 rings (SSSR count). The summed E-state index contributed by atoms with van der Waals surface area (Å²) in [6.45, 7) is 0. The van der Waals surface area contributed by atoms with Crippen molar-refractivity contribution in [2.45, 2.75) is 29.9 Å². The zero-order valence-electron chi connectivity index (χ0n) is 9.69. The van der Waals surface area contributed by atoms with Crippen LogP contribution in [0, 0.1) is 5.82 Å². The van der Waals surface area contributed by atoms with E-state index in [9.17, 15) is 12.8 Å². The number of benzene rings is 1. The van der Waals surface area contributed by atoms with Crippen LogP contribution in [0.25, 0.3) is 0 Å². The zero-order valence-corrected chi connectivity index (χ0v) is 12.1. The zero-order chi connectivity index (χ0) is 13.3. The van der Waals surface area contributed by atoms with Crippen LogP contribution in [0.1, 0.15) is 12.8 Å². The molecule has 0 unspecified atom stereocenters. The lowest BCUT2D eigenvalue weighted by Gasteiger charge is -2.34. The number of methoxy groups -OCH3 is 1. The molecule has 0 aliphatic heterocycles. The third kappa shape index (κ3) is 2.90. The van der Waals surface area contributed by atoms with Gasteiger partial charge in [-0.25, -0.2) is 17.5 Å². The van der Waals surface area contributed by atoms with Gasteiger partial charge in [-0.2, -0.15) is 0 Å². The summed E-state index contributed by atoms with van der Waals surface area (Å²) in [6, 6.07) is 3.70. The van der Waals surface area contributed by atoms with E-state index in [0.29, 0.717) is 17.3 Å². The average Bonchev–Trinajstić information content (AvgIpc) is 2.22. The van der Waals surface area contributed by atoms with E-state index >= 15 is 0 Å². The van der Waals surface area contributed by atoms with Gasteiger partial charge in [0.2, 0.25) is 10.0 Å². The maximum absolute atomic E-state index is 13.6. The van der Waals surface area contributed by atoms with Crippen molar-refractivity contribution in [3.05, 3.63) is 28.5 Å². The minimum Gasteiger partial charge on any atom is -0.381 e. The Hall–Kier alpha value is -0.500. The van der Waals surface area contributed by atoms with Gasteiger partial charge in [0.05, 0.1) is 6.10 Å². The first-order chi connectivity index (χ1) is 8.42. The Morgan fingerprint density at radius 1 is 1.44 bits per heavy atom. The molecule has 1 aromatic carbocycles. The molecule has 1 aromatic rings. The first-order valence-electron chi connectivity index (χ1n) is 5.42. The highest BCUT2D eigenvalue weighted by atomic mass is 79.9. The van der Waals surface area contributed by atoms with Crippen molar-refractivity contribution in [2.24, 2.45) is 0 Å². The van der Waals surface area contributed by atoms with Crippen molar-refractivity contribution in [3.8, 4) is 0 Å². The Balaban J connectivity index is 2.11. The van der Waals surface area contributed by atoms with Gasteiger partial charge >= 0.3 is 0 Å². The third-order valence-electron chi connectivity index (χ3n) is 2.93. The van der Waals surface area contributed by atoms with E-state index < -0.39 is 15.8 Å². The number of hydrogen-bond donors (Lipinski definition) is 1. The van der Waals surface area contributed by atoms with Gasteiger partial charge in [0.1, 0.15) is 10.7 Å². The molecule has 0 atom stereocenters. The average molecular weight is 338 g/mol. The van der Waals surface area contributed by atoms with Gasteiger partial charge in [-0.3, -0.25) is 0 Å². The summed E-state index contributed by atoms with van der Waals surface area (Å²) in [6.07, 6.45) is 1.33. The molecule has 1 N–H and O–H groups in total. The highest BCUT2D eigenvalue weighted by Crippen LogP contribution is 2.25. The quantitative estimate of drug-likeness (QED) is 0.914. The highest BCUT2D eigenvalue weighted by molar-refractivity contribution is 9.10. The van der Waals surface area contributed by atoms with Gasteiger partial charge in [0, 0.05) is 17.6 Å². The third-order valence-corrected chi connectivity index (χ3v) is 4.98. The smallest absolute Gasteiger partial charge is 0.243 e. The molecule has 0 bridgehead atoms. The summed E-state index contributed by atoms with van der Waals surface area (Å²) in [5.41, 5.74) is 0. The van der Waals surface area contributed by atoms with Crippen LogP contribution >= 0.6 is 15.9 Å². The Morgan fingerprint density at radius 2 is 2.11 bits per heavy atom. The van der Waals surface area contributed by atoms with Gasteiger partial charge in [0.15, 0.2) is 0 Å². The van der Waals surface area contributed by atoms with E-state index in [2.05, 4.69) is 20.7 Å². The molecular formula is C11H13BrFNO3S. The molecule has 1 saturated carbocycles. The van der Waals surface area contributed by atoms with Crippen LogP contribution in [0.4, 0.5) is 4.39 Å². The standard InChI is InChI=1S/C11H13BrFNO3S/c1-17-9-5-8(6-9)14-18(15,16)11-3-2-7(12)4-10(11)13/h2-4,8-9,14H,5-6H2,1H3. The van der Waals surface area contributed by atoms with Crippen molar-refractivity contribution in [1.82, 2.24) is 4.72 Å². The van der Waals surface area contributed by atoms with Crippen LogP contribution in [0.15, 0.2) is 27.6 Å². The van der Waals surface area contributed by atoms with E-state index in [-0.39, 0.29) is 17.0 Å². The van der Waals surface area contributed by atoms with Crippen LogP contribution in [0.5, 0.6) is 0 Å². The number of halogens is 2. The van der Waals surface area contributed by atoms with Crippen LogP contribution in [0.2, 0.25) is 0 Å². The van der Waals surface area contributed by atoms with Gasteiger partial charge < -0.3 is 4.74 Å². The molecule has 1 aliphatic rings. The maximum atomic E-state index is 13.6. The number of nitrogens with one attached hydrogen (secondary N) is 1. The van der Waals surface area contributed by atoms with Gasteiger partial charge in [-0.1, -0.05) is 15.9 Å². The van der Waals surface area contributed by atoms with Gasteiger partial charge in [-0.15, -0.1) is 0 Å². The molecule has 18 heavy (non-hydrogen) atoms. The summed E-state index contributed by atoms with van der Waals surface area (Å²) in [5, 5.41) is 0. The maximum Gasteiger partial charge on any atom is 0.243 e. The Bertz CT molecular complexity index is 543. The summed E-state index contributed by atoms with van der Waals surface area (Å²) in [5.74, 6) is -0.764. The van der Waals surface area contributed by atoms with Crippen molar-refractivity contribution in [1.29, 1.82) is 0 Å². The number of sulfonamides is 1. The highest BCUT2D eigenvalue weighted by Gasteiger charge is 2.33. The van der Waals surface area contributed by atoms with E-state index in [1.165, 1.54) is 12.1 Å². The summed E-state index contributed by atoms with van der Waals surface area (Å²) in [4.78, 5) is -0.327. The molecule has 0 aromatic heterocycles. The summed E-state index contributed by atoms with van der Waals surface area (Å²) >= 11 is 3.08. The molecule has 4 nitrogen and oxygen atoms in total. The molecule has 7 heteroatoms. The molecule has 0 saturated heterocycles. The normalized spacial score (nSPS) is 23.7. The summed E-state index contributed by atoms with van der Waals surface area (Å²) < 4.78 is 45.5. The molecule has 1 fully saturated rings. The Morgan fingerprint density at radius 3 is 2.67 bits per heavy atom. The molecule has 100 valence electrons. The van der Waals surface area contributed by atoms with E-state index in [4.69, 9.17) is 4.74 Å². The minimum absolute atomic E-state index is 0.0902. The first kappa shape index (κ1) is 13.9.